The smallest absolute Gasteiger partial charge is 0.255 e. The van der Waals surface area contributed by atoms with E-state index in [1.165, 1.54) is 5.56 Å². The predicted molar refractivity (Wildman–Crippen MR) is 103 cm³/mol. The second-order valence-corrected chi connectivity index (χ2v) is 5.89. The van der Waals surface area contributed by atoms with Crippen LogP contribution >= 0.6 is 0 Å². The van der Waals surface area contributed by atoms with E-state index in [2.05, 4.69) is 15.6 Å². The molecule has 0 aliphatic heterocycles. The van der Waals surface area contributed by atoms with Crippen molar-refractivity contribution in [3.63, 3.8) is 0 Å². The number of pyridine rings is 1. The molecule has 0 fully saturated rings. The van der Waals surface area contributed by atoms with Crippen LogP contribution in [0.3, 0.4) is 0 Å². The number of nitrogens with one attached hydrogen (secondary N) is 2. The average molecular weight is 347 g/mol. The van der Waals surface area contributed by atoms with Gasteiger partial charge in [0.1, 0.15) is 11.6 Å². The monoisotopic (exact) mass is 347 g/mol. The summed E-state index contributed by atoms with van der Waals surface area (Å²) in [6.45, 7) is 2.41. The molecule has 3 rings (SSSR count). The Balaban J connectivity index is 1.74. The molecule has 132 valence electrons. The topological polar surface area (TPSA) is 63.2 Å². The number of carbonyl (C=O) groups is 1. The molecular formula is C21H21N3O2. The summed E-state index contributed by atoms with van der Waals surface area (Å²) >= 11 is 0. The maximum Gasteiger partial charge on any atom is 0.255 e. The molecule has 2 N–H and O–H groups in total. The molecule has 0 aliphatic carbocycles. The number of ether oxygens (including phenoxy) is 1. The summed E-state index contributed by atoms with van der Waals surface area (Å²) < 4.78 is 5.32. The van der Waals surface area contributed by atoms with E-state index in [1.54, 1.807) is 25.4 Å². The Hall–Kier alpha value is -3.34. The van der Waals surface area contributed by atoms with Crippen molar-refractivity contribution < 1.29 is 9.53 Å². The Morgan fingerprint density at radius 3 is 2.58 bits per heavy atom. The third kappa shape index (κ3) is 4.19. The van der Waals surface area contributed by atoms with Crippen molar-refractivity contribution in [3.05, 3.63) is 83.6 Å². The van der Waals surface area contributed by atoms with E-state index in [-0.39, 0.29) is 5.91 Å². The molecule has 0 spiro atoms. The van der Waals surface area contributed by atoms with Gasteiger partial charge in [-0.05, 0) is 37.3 Å². The number of hydrogen-bond acceptors (Lipinski definition) is 4. The van der Waals surface area contributed by atoms with Gasteiger partial charge in [-0.25, -0.2) is 4.98 Å². The number of hydrogen-bond donors (Lipinski definition) is 2. The highest BCUT2D eigenvalue weighted by Crippen LogP contribution is 2.20. The van der Waals surface area contributed by atoms with Crippen molar-refractivity contribution in [2.45, 2.75) is 13.5 Å². The molecule has 26 heavy (non-hydrogen) atoms. The van der Waals surface area contributed by atoms with E-state index in [4.69, 9.17) is 4.74 Å². The van der Waals surface area contributed by atoms with Gasteiger partial charge in [0.05, 0.1) is 12.7 Å². The average Bonchev–Trinajstić information content (AvgIpc) is 2.68. The summed E-state index contributed by atoms with van der Waals surface area (Å²) in [5.41, 5.74) is 3.46. The molecule has 0 saturated heterocycles. The molecular weight excluding hydrogens is 326 g/mol. The lowest BCUT2D eigenvalue weighted by Gasteiger charge is -2.12. The summed E-state index contributed by atoms with van der Waals surface area (Å²) in [4.78, 5) is 17.0. The zero-order valence-electron chi connectivity index (χ0n) is 14.8. The minimum atomic E-state index is -0.196. The zero-order valence-corrected chi connectivity index (χ0v) is 14.8. The molecule has 1 heterocycles. The number of nitrogens with zero attached hydrogens (tertiary/aromatic N) is 1. The fraction of sp³-hybridized carbons (Fsp3) is 0.143. The molecule has 2 aromatic carbocycles. The minimum absolute atomic E-state index is 0.196. The Bertz CT molecular complexity index is 892. The van der Waals surface area contributed by atoms with Crippen LogP contribution in [0.1, 0.15) is 21.5 Å². The Morgan fingerprint density at radius 1 is 1.04 bits per heavy atom. The van der Waals surface area contributed by atoms with Gasteiger partial charge in [0.2, 0.25) is 0 Å². The van der Waals surface area contributed by atoms with Crippen molar-refractivity contribution >= 4 is 17.4 Å². The summed E-state index contributed by atoms with van der Waals surface area (Å²) in [5, 5.41) is 6.13. The number of para-hydroxylation sites is 1. The minimum Gasteiger partial charge on any atom is -0.496 e. The lowest BCUT2D eigenvalue weighted by molar-refractivity contribution is 0.0951. The van der Waals surface area contributed by atoms with Crippen molar-refractivity contribution in [2.75, 3.05) is 12.4 Å². The lowest BCUT2D eigenvalue weighted by atomic mass is 10.1. The molecule has 5 nitrogen and oxygen atoms in total. The van der Waals surface area contributed by atoms with Crippen molar-refractivity contribution in [3.8, 4) is 5.75 Å². The number of amides is 1. The first-order chi connectivity index (χ1) is 12.7. The van der Waals surface area contributed by atoms with Crippen LogP contribution in [0.5, 0.6) is 5.75 Å². The van der Waals surface area contributed by atoms with Crippen LogP contribution in [0.15, 0.2) is 66.9 Å². The van der Waals surface area contributed by atoms with Crippen LogP contribution in [-0.2, 0) is 6.54 Å². The van der Waals surface area contributed by atoms with Gasteiger partial charge in [-0.3, -0.25) is 4.79 Å². The highest BCUT2D eigenvalue weighted by atomic mass is 16.5. The molecule has 5 heteroatoms. The number of carbonyl (C=O) groups excluding carboxylic acids is 1. The fourth-order valence-electron chi connectivity index (χ4n) is 2.58. The van der Waals surface area contributed by atoms with Gasteiger partial charge in [0.15, 0.2) is 0 Å². The van der Waals surface area contributed by atoms with Crippen molar-refractivity contribution in [2.24, 2.45) is 0 Å². The summed E-state index contributed by atoms with van der Waals surface area (Å²) in [5.74, 6) is 1.07. The van der Waals surface area contributed by atoms with E-state index < -0.39 is 0 Å². The third-order valence-electron chi connectivity index (χ3n) is 4.00. The maximum atomic E-state index is 12.7. The van der Waals surface area contributed by atoms with Gasteiger partial charge in [0, 0.05) is 24.0 Å². The maximum absolute atomic E-state index is 12.7. The van der Waals surface area contributed by atoms with E-state index >= 15 is 0 Å². The zero-order chi connectivity index (χ0) is 18.4. The van der Waals surface area contributed by atoms with Crippen LogP contribution in [-0.4, -0.2) is 18.0 Å². The van der Waals surface area contributed by atoms with E-state index in [0.717, 1.165) is 17.0 Å². The molecule has 0 atom stereocenters. The second-order valence-electron chi connectivity index (χ2n) is 5.89. The first-order valence-corrected chi connectivity index (χ1v) is 8.36. The van der Waals surface area contributed by atoms with Crippen LogP contribution in [0, 0.1) is 6.92 Å². The number of anilines is 2. The molecule has 0 bridgehead atoms. The normalized spacial score (nSPS) is 10.2. The van der Waals surface area contributed by atoms with Gasteiger partial charge in [-0.1, -0.05) is 35.9 Å². The Kier molecular flexibility index (Phi) is 5.49. The SMILES string of the molecule is COc1ccccc1CNC(=O)c1cccnc1Nc1ccc(C)cc1. The predicted octanol–water partition coefficient (Wildman–Crippen LogP) is 4.07. The molecule has 3 aromatic rings. The van der Waals surface area contributed by atoms with Crippen LogP contribution < -0.4 is 15.4 Å². The summed E-state index contributed by atoms with van der Waals surface area (Å²) in [6, 6.07) is 19.0. The number of methoxy groups -OCH3 is 1. The molecule has 0 aliphatic rings. The van der Waals surface area contributed by atoms with Crippen molar-refractivity contribution in [1.29, 1.82) is 0 Å². The van der Waals surface area contributed by atoms with E-state index in [0.29, 0.717) is 17.9 Å². The number of aryl methyl sites for hydroxylation is 1. The quantitative estimate of drug-likeness (QED) is 0.705. The van der Waals surface area contributed by atoms with Gasteiger partial charge in [-0.2, -0.15) is 0 Å². The Labute approximate surface area is 153 Å². The highest BCUT2D eigenvalue weighted by Gasteiger charge is 2.13. The first-order valence-electron chi connectivity index (χ1n) is 8.36. The van der Waals surface area contributed by atoms with E-state index in [9.17, 15) is 4.79 Å². The van der Waals surface area contributed by atoms with Gasteiger partial charge in [0.25, 0.3) is 5.91 Å². The molecule has 1 aromatic heterocycles. The summed E-state index contributed by atoms with van der Waals surface area (Å²) in [7, 11) is 1.62. The third-order valence-corrected chi connectivity index (χ3v) is 4.00. The molecule has 0 radical (unpaired) electrons. The van der Waals surface area contributed by atoms with Gasteiger partial charge in [-0.15, -0.1) is 0 Å². The van der Waals surface area contributed by atoms with Crippen LogP contribution in [0.4, 0.5) is 11.5 Å². The van der Waals surface area contributed by atoms with Gasteiger partial charge >= 0.3 is 0 Å². The molecule has 0 unspecified atom stereocenters. The summed E-state index contributed by atoms with van der Waals surface area (Å²) in [6.07, 6.45) is 1.66. The largest absolute Gasteiger partial charge is 0.496 e. The fourth-order valence-corrected chi connectivity index (χ4v) is 2.58. The van der Waals surface area contributed by atoms with E-state index in [1.807, 2.05) is 55.5 Å². The molecule has 0 saturated carbocycles. The standard InChI is InChI=1S/C21H21N3O2/c1-15-9-11-17(12-10-15)24-20-18(7-5-13-22-20)21(25)23-14-16-6-3-4-8-19(16)26-2/h3-13H,14H2,1-2H3,(H,22,24)(H,23,25). The molecule has 1 amide bonds. The number of benzene rings is 2. The number of rotatable bonds is 6. The lowest BCUT2D eigenvalue weighted by Crippen LogP contribution is -2.24. The first kappa shape index (κ1) is 17.5. The second kappa shape index (κ2) is 8.16. The van der Waals surface area contributed by atoms with Crippen LogP contribution in [0.25, 0.3) is 0 Å². The van der Waals surface area contributed by atoms with Gasteiger partial charge < -0.3 is 15.4 Å². The number of aromatic nitrogens is 1. The van der Waals surface area contributed by atoms with Crippen molar-refractivity contribution in [1.82, 2.24) is 10.3 Å². The highest BCUT2D eigenvalue weighted by molar-refractivity contribution is 5.99. The Morgan fingerprint density at radius 2 is 1.81 bits per heavy atom. The van der Waals surface area contributed by atoms with Crippen LogP contribution in [0.2, 0.25) is 0 Å².